The van der Waals surface area contributed by atoms with Gasteiger partial charge < -0.3 is 10.5 Å². The molecule has 3 rings (SSSR count). The summed E-state index contributed by atoms with van der Waals surface area (Å²) in [5.74, 6) is 0.985. The molecule has 1 aliphatic rings. The summed E-state index contributed by atoms with van der Waals surface area (Å²) in [6.07, 6.45) is 2.62. The van der Waals surface area contributed by atoms with Crippen LogP contribution in [0.4, 0.5) is 5.69 Å². The van der Waals surface area contributed by atoms with Crippen molar-refractivity contribution in [2.45, 2.75) is 25.9 Å². The van der Waals surface area contributed by atoms with Crippen LogP contribution in [0.3, 0.4) is 0 Å². The van der Waals surface area contributed by atoms with Crippen molar-refractivity contribution in [2.24, 2.45) is 0 Å². The Kier molecular flexibility index (Phi) is 2.30. The number of hydrogen-bond acceptors (Lipinski definition) is 3. The van der Waals surface area contributed by atoms with Crippen LogP contribution in [0.15, 0.2) is 36.5 Å². The van der Waals surface area contributed by atoms with Crippen molar-refractivity contribution in [2.75, 3.05) is 5.73 Å². The largest absolute Gasteiger partial charge is 0.487 e. The molecule has 0 saturated heterocycles. The summed E-state index contributed by atoms with van der Waals surface area (Å²) in [5.41, 5.74) is 9.53. The van der Waals surface area contributed by atoms with E-state index in [1.807, 2.05) is 24.3 Å². The molecule has 2 N–H and O–H groups in total. The van der Waals surface area contributed by atoms with Crippen molar-refractivity contribution < 1.29 is 4.74 Å². The third kappa shape index (κ3) is 1.92. The van der Waals surface area contributed by atoms with E-state index in [1.54, 1.807) is 6.20 Å². The molecule has 0 spiro atoms. The number of rotatable bonds is 1. The van der Waals surface area contributed by atoms with E-state index in [0.29, 0.717) is 5.69 Å². The highest BCUT2D eigenvalue weighted by Crippen LogP contribution is 2.36. The summed E-state index contributed by atoms with van der Waals surface area (Å²) < 4.78 is 5.86. The van der Waals surface area contributed by atoms with Crippen LogP contribution in [0.5, 0.6) is 5.75 Å². The van der Waals surface area contributed by atoms with E-state index < -0.39 is 0 Å². The Labute approximate surface area is 107 Å². The van der Waals surface area contributed by atoms with Gasteiger partial charge in [-0.1, -0.05) is 0 Å². The molecule has 3 heteroatoms. The minimum absolute atomic E-state index is 0.102. The van der Waals surface area contributed by atoms with E-state index in [1.165, 1.54) is 5.56 Å². The van der Waals surface area contributed by atoms with Gasteiger partial charge in [0.15, 0.2) is 0 Å². The molecule has 0 unspecified atom stereocenters. The molecule has 1 aliphatic heterocycles. The fraction of sp³-hybridized carbons (Fsp3) is 0.267. The lowest BCUT2D eigenvalue weighted by Crippen LogP contribution is -2.24. The number of nitrogens with zero attached hydrogens (tertiary/aromatic N) is 1. The highest BCUT2D eigenvalue weighted by molar-refractivity contribution is 5.64. The molecule has 0 fully saturated rings. The summed E-state index contributed by atoms with van der Waals surface area (Å²) in [4.78, 5) is 4.34. The van der Waals surface area contributed by atoms with Crippen LogP contribution in [0.2, 0.25) is 0 Å². The van der Waals surface area contributed by atoms with Crippen molar-refractivity contribution in [3.05, 3.63) is 42.1 Å². The molecule has 0 radical (unpaired) electrons. The van der Waals surface area contributed by atoms with Gasteiger partial charge in [-0.15, -0.1) is 0 Å². The molecule has 18 heavy (non-hydrogen) atoms. The molecule has 2 aromatic rings. The topological polar surface area (TPSA) is 48.1 Å². The third-order valence-corrected chi connectivity index (χ3v) is 3.15. The second kappa shape index (κ2) is 3.73. The number of hydrogen-bond donors (Lipinski definition) is 1. The predicted molar refractivity (Wildman–Crippen MR) is 72.5 cm³/mol. The normalized spacial score (nSPS) is 16.1. The number of pyridine rings is 1. The van der Waals surface area contributed by atoms with Crippen LogP contribution in [0, 0.1) is 0 Å². The number of ether oxygens (including phenoxy) is 1. The van der Waals surface area contributed by atoms with E-state index in [9.17, 15) is 0 Å². The number of fused-ring (bicyclic) bond motifs is 1. The van der Waals surface area contributed by atoms with Gasteiger partial charge in [-0.25, -0.2) is 0 Å². The molecular weight excluding hydrogens is 224 g/mol. The molecule has 3 nitrogen and oxygen atoms in total. The van der Waals surface area contributed by atoms with Crippen LogP contribution >= 0.6 is 0 Å². The zero-order valence-corrected chi connectivity index (χ0v) is 10.6. The molecule has 2 heterocycles. The maximum Gasteiger partial charge on any atom is 0.123 e. The van der Waals surface area contributed by atoms with Gasteiger partial charge >= 0.3 is 0 Å². The zero-order chi connectivity index (χ0) is 12.8. The first-order valence-corrected chi connectivity index (χ1v) is 6.07. The quantitative estimate of drug-likeness (QED) is 0.833. The SMILES string of the molecule is CC1(C)Cc2cc(-c3ccc(N)cn3)ccc2O1. The van der Waals surface area contributed by atoms with Gasteiger partial charge in [0.1, 0.15) is 11.4 Å². The minimum atomic E-state index is -0.102. The third-order valence-electron chi connectivity index (χ3n) is 3.15. The van der Waals surface area contributed by atoms with Crippen LogP contribution in [-0.2, 0) is 6.42 Å². The molecule has 92 valence electrons. The lowest BCUT2D eigenvalue weighted by Gasteiger charge is -2.16. The molecule has 1 aromatic heterocycles. The van der Waals surface area contributed by atoms with Gasteiger partial charge in [-0.2, -0.15) is 0 Å². The van der Waals surface area contributed by atoms with E-state index in [4.69, 9.17) is 10.5 Å². The van der Waals surface area contributed by atoms with Gasteiger partial charge in [-0.05, 0) is 49.7 Å². The summed E-state index contributed by atoms with van der Waals surface area (Å²) >= 11 is 0. The maximum absolute atomic E-state index is 5.86. The number of nitrogens with two attached hydrogens (primary N) is 1. The highest BCUT2D eigenvalue weighted by Gasteiger charge is 2.29. The Bertz CT molecular complexity index is 588. The molecule has 0 bridgehead atoms. The maximum atomic E-state index is 5.86. The van der Waals surface area contributed by atoms with Crippen molar-refractivity contribution in [1.29, 1.82) is 0 Å². The number of nitrogen functional groups attached to an aromatic ring is 1. The predicted octanol–water partition coefficient (Wildman–Crippen LogP) is 3.04. The molecule has 0 amide bonds. The van der Waals surface area contributed by atoms with Gasteiger partial charge in [0.2, 0.25) is 0 Å². The van der Waals surface area contributed by atoms with Crippen molar-refractivity contribution in [3.8, 4) is 17.0 Å². The van der Waals surface area contributed by atoms with Crippen LogP contribution < -0.4 is 10.5 Å². The van der Waals surface area contributed by atoms with E-state index in [2.05, 4.69) is 24.9 Å². The fourth-order valence-corrected chi connectivity index (χ4v) is 2.34. The Hall–Kier alpha value is -2.03. The smallest absolute Gasteiger partial charge is 0.123 e. The molecule has 0 aliphatic carbocycles. The molecule has 0 atom stereocenters. The monoisotopic (exact) mass is 240 g/mol. The van der Waals surface area contributed by atoms with Crippen LogP contribution in [-0.4, -0.2) is 10.6 Å². The van der Waals surface area contributed by atoms with Gasteiger partial charge in [-0.3, -0.25) is 4.98 Å². The highest BCUT2D eigenvalue weighted by atomic mass is 16.5. The van der Waals surface area contributed by atoms with Crippen LogP contribution in [0.25, 0.3) is 11.3 Å². The zero-order valence-electron chi connectivity index (χ0n) is 10.6. The lowest BCUT2D eigenvalue weighted by molar-refractivity contribution is 0.138. The first-order valence-electron chi connectivity index (χ1n) is 6.07. The first-order chi connectivity index (χ1) is 8.53. The Morgan fingerprint density at radius 3 is 2.78 bits per heavy atom. The Morgan fingerprint density at radius 1 is 1.22 bits per heavy atom. The van der Waals surface area contributed by atoms with Crippen molar-refractivity contribution >= 4 is 5.69 Å². The van der Waals surface area contributed by atoms with E-state index in [0.717, 1.165) is 23.4 Å². The number of benzene rings is 1. The molecule has 0 saturated carbocycles. The number of aromatic nitrogens is 1. The minimum Gasteiger partial charge on any atom is -0.487 e. The average Bonchev–Trinajstić information content (AvgIpc) is 2.62. The van der Waals surface area contributed by atoms with Crippen LogP contribution in [0.1, 0.15) is 19.4 Å². The second-order valence-electron chi connectivity index (χ2n) is 5.34. The van der Waals surface area contributed by atoms with Gasteiger partial charge in [0.25, 0.3) is 0 Å². The van der Waals surface area contributed by atoms with Gasteiger partial charge in [0.05, 0.1) is 17.6 Å². The standard InChI is InChI=1S/C15H16N2O/c1-15(2)8-11-7-10(3-6-14(11)18-15)13-5-4-12(16)9-17-13/h3-7,9H,8,16H2,1-2H3. The van der Waals surface area contributed by atoms with Crippen molar-refractivity contribution in [1.82, 2.24) is 4.98 Å². The number of anilines is 1. The van der Waals surface area contributed by atoms with Gasteiger partial charge in [0, 0.05) is 12.0 Å². The first kappa shape index (κ1) is 11.1. The molecule has 1 aromatic carbocycles. The fourth-order valence-electron chi connectivity index (χ4n) is 2.34. The summed E-state index contributed by atoms with van der Waals surface area (Å²) in [6, 6.07) is 10.0. The summed E-state index contributed by atoms with van der Waals surface area (Å²) in [5, 5.41) is 0. The molecular formula is C15H16N2O. The Balaban J connectivity index is 1.99. The second-order valence-corrected chi connectivity index (χ2v) is 5.34. The van der Waals surface area contributed by atoms with E-state index in [-0.39, 0.29) is 5.60 Å². The van der Waals surface area contributed by atoms with Crippen molar-refractivity contribution in [3.63, 3.8) is 0 Å². The van der Waals surface area contributed by atoms with E-state index >= 15 is 0 Å². The lowest BCUT2D eigenvalue weighted by atomic mass is 9.99. The average molecular weight is 240 g/mol. The Morgan fingerprint density at radius 2 is 2.06 bits per heavy atom. The summed E-state index contributed by atoms with van der Waals surface area (Å²) in [7, 11) is 0. The summed E-state index contributed by atoms with van der Waals surface area (Å²) in [6.45, 7) is 4.21.